The molecule has 0 radical (unpaired) electrons. The van der Waals surface area contributed by atoms with Crippen molar-refractivity contribution >= 4 is 38.4 Å². The number of nitrogens with zero attached hydrogens (tertiary/aromatic N) is 2. The van der Waals surface area contributed by atoms with E-state index in [9.17, 15) is 4.79 Å². The van der Waals surface area contributed by atoms with Gasteiger partial charge < -0.3 is 15.2 Å². The number of aryl methyl sites for hydroxylation is 1. The van der Waals surface area contributed by atoms with Gasteiger partial charge in [-0.25, -0.2) is 4.57 Å². The number of methoxy groups -OCH3 is 1. The van der Waals surface area contributed by atoms with Crippen LogP contribution >= 0.6 is 11.3 Å². The highest BCUT2D eigenvalue weighted by Crippen LogP contribution is 2.29. The van der Waals surface area contributed by atoms with Crippen molar-refractivity contribution in [3.8, 4) is 16.9 Å². The quantitative estimate of drug-likeness (QED) is 0.321. The van der Waals surface area contributed by atoms with E-state index in [1.54, 1.807) is 18.4 Å². The Morgan fingerprint density at radius 1 is 1.00 bits per heavy atom. The molecule has 182 valence electrons. The second kappa shape index (κ2) is 10.4. The first-order chi connectivity index (χ1) is 17.6. The summed E-state index contributed by atoms with van der Waals surface area (Å²) in [6.45, 7) is 0.400. The first-order valence-corrected chi connectivity index (χ1v) is 12.7. The predicted molar refractivity (Wildman–Crippen MR) is 142 cm³/mol. The van der Waals surface area contributed by atoms with Gasteiger partial charge in [-0.05, 0) is 47.0 Å². The van der Waals surface area contributed by atoms with Gasteiger partial charge in [0, 0.05) is 24.7 Å². The van der Waals surface area contributed by atoms with Crippen LogP contribution in [0, 0.1) is 0 Å². The third-order valence-electron chi connectivity index (χ3n) is 6.41. The van der Waals surface area contributed by atoms with Crippen LogP contribution in [-0.4, -0.2) is 31.3 Å². The molecule has 3 aromatic carbocycles. The average molecular weight is 500 g/mol. The molecule has 2 heterocycles. The number of aliphatic hydroxyl groups excluding tert-OH is 1. The summed E-state index contributed by atoms with van der Waals surface area (Å²) in [6.07, 6.45) is 2.80. The minimum Gasteiger partial charge on any atom is -0.497 e. The maximum atomic E-state index is 12.6. The molecular formula is C29H29N3O3S+2. The lowest BCUT2D eigenvalue weighted by molar-refractivity contribution is -0.661. The lowest BCUT2D eigenvalue weighted by Gasteiger charge is -2.08. The standard InChI is InChI=1S/C29H28N3O3S/c1-31-15-13-22(24-17-21(9-12-25(24)31)20-7-10-23(35-2)11-8-20)18-29-32(19-28(34)30-14-16-33)26-5-3-4-6-27(26)36-29/h3-13,15,17,33H,14,16,18-19H2,1-2H3/q+1/p+1. The fourth-order valence-corrected chi connectivity index (χ4v) is 5.72. The van der Waals surface area contributed by atoms with Crippen molar-refractivity contribution < 1.29 is 23.8 Å². The van der Waals surface area contributed by atoms with Crippen LogP contribution in [0.1, 0.15) is 10.6 Å². The minimum atomic E-state index is -0.107. The van der Waals surface area contributed by atoms with E-state index in [2.05, 4.69) is 76.2 Å². The maximum Gasteiger partial charge on any atom is 0.286 e. The number of ether oxygens (including phenoxy) is 1. The highest BCUT2D eigenvalue weighted by molar-refractivity contribution is 7.18. The second-order valence-electron chi connectivity index (χ2n) is 8.71. The zero-order valence-electron chi connectivity index (χ0n) is 20.4. The molecule has 0 bridgehead atoms. The zero-order chi connectivity index (χ0) is 25.1. The second-order valence-corrected chi connectivity index (χ2v) is 9.83. The number of hydrogen-bond acceptors (Lipinski definition) is 4. The van der Waals surface area contributed by atoms with Crippen LogP contribution in [-0.2, 0) is 24.8 Å². The highest BCUT2D eigenvalue weighted by Gasteiger charge is 2.24. The van der Waals surface area contributed by atoms with E-state index in [1.165, 1.54) is 10.9 Å². The molecule has 0 fully saturated rings. The van der Waals surface area contributed by atoms with E-state index in [4.69, 9.17) is 9.84 Å². The van der Waals surface area contributed by atoms with Crippen LogP contribution in [0.15, 0.2) is 79.0 Å². The Hall–Kier alpha value is -3.81. The molecule has 7 heteroatoms. The van der Waals surface area contributed by atoms with E-state index < -0.39 is 0 Å². The summed E-state index contributed by atoms with van der Waals surface area (Å²) >= 11 is 1.71. The van der Waals surface area contributed by atoms with Crippen molar-refractivity contribution in [2.24, 2.45) is 7.05 Å². The number of thiazole rings is 1. The molecule has 0 saturated heterocycles. The number of fused-ring (bicyclic) bond motifs is 2. The maximum absolute atomic E-state index is 12.6. The Balaban J connectivity index is 1.57. The molecule has 36 heavy (non-hydrogen) atoms. The normalized spacial score (nSPS) is 11.2. The van der Waals surface area contributed by atoms with Crippen LogP contribution in [0.4, 0.5) is 0 Å². The lowest BCUT2D eigenvalue weighted by Crippen LogP contribution is -2.45. The van der Waals surface area contributed by atoms with Gasteiger partial charge in [0.15, 0.2) is 6.20 Å². The van der Waals surface area contributed by atoms with E-state index in [1.807, 2.05) is 24.3 Å². The lowest BCUT2D eigenvalue weighted by atomic mass is 9.99. The molecule has 0 atom stereocenters. The van der Waals surface area contributed by atoms with Gasteiger partial charge in [0.1, 0.15) is 17.5 Å². The van der Waals surface area contributed by atoms with Gasteiger partial charge in [-0.2, -0.15) is 4.57 Å². The van der Waals surface area contributed by atoms with Crippen LogP contribution in [0.25, 0.3) is 32.2 Å². The van der Waals surface area contributed by atoms with E-state index >= 15 is 0 Å². The third-order valence-corrected chi connectivity index (χ3v) is 7.57. The van der Waals surface area contributed by atoms with Crippen LogP contribution in [0.2, 0.25) is 0 Å². The molecule has 0 saturated carbocycles. The first-order valence-electron chi connectivity index (χ1n) is 11.9. The van der Waals surface area contributed by atoms with Crippen LogP contribution < -0.4 is 19.2 Å². The number of rotatable bonds is 8. The van der Waals surface area contributed by atoms with Crippen molar-refractivity contribution in [1.29, 1.82) is 0 Å². The Kier molecular flexibility index (Phi) is 6.93. The molecule has 2 N–H and O–H groups in total. The van der Waals surface area contributed by atoms with Crippen molar-refractivity contribution in [3.63, 3.8) is 0 Å². The summed E-state index contributed by atoms with van der Waals surface area (Å²) in [6, 6.07) is 25.0. The Morgan fingerprint density at radius 2 is 1.78 bits per heavy atom. The van der Waals surface area contributed by atoms with Gasteiger partial charge in [0.25, 0.3) is 5.91 Å². The molecule has 5 rings (SSSR count). The van der Waals surface area contributed by atoms with Gasteiger partial charge in [0.2, 0.25) is 22.6 Å². The molecule has 2 aromatic heterocycles. The van der Waals surface area contributed by atoms with E-state index in [0.717, 1.165) is 37.6 Å². The van der Waals surface area contributed by atoms with Gasteiger partial charge in [-0.1, -0.05) is 35.6 Å². The number of nitrogens with one attached hydrogen (secondary N) is 1. The summed E-state index contributed by atoms with van der Waals surface area (Å²) in [5, 5.41) is 14.2. The van der Waals surface area contributed by atoms with Crippen molar-refractivity contribution in [2.45, 2.75) is 13.0 Å². The summed E-state index contributed by atoms with van der Waals surface area (Å²) in [5.74, 6) is 0.730. The van der Waals surface area contributed by atoms with Crippen LogP contribution in [0.3, 0.4) is 0 Å². The molecule has 0 aliphatic rings. The van der Waals surface area contributed by atoms with Gasteiger partial charge in [-0.3, -0.25) is 4.79 Å². The summed E-state index contributed by atoms with van der Waals surface area (Å²) < 4.78 is 10.7. The molecule has 0 aliphatic heterocycles. The highest BCUT2D eigenvalue weighted by atomic mass is 32.1. The number of benzene rings is 3. The largest absolute Gasteiger partial charge is 0.497 e. The van der Waals surface area contributed by atoms with E-state index in [0.29, 0.717) is 6.42 Å². The number of carbonyl (C=O) groups is 1. The molecule has 0 unspecified atom stereocenters. The predicted octanol–water partition coefficient (Wildman–Crippen LogP) is 3.54. The van der Waals surface area contributed by atoms with Crippen LogP contribution in [0.5, 0.6) is 5.75 Å². The number of hydrogen-bond donors (Lipinski definition) is 2. The molecular weight excluding hydrogens is 470 g/mol. The van der Waals surface area contributed by atoms with Gasteiger partial charge in [0.05, 0.1) is 25.5 Å². The summed E-state index contributed by atoms with van der Waals surface area (Å²) in [5.41, 5.74) is 5.67. The van der Waals surface area contributed by atoms with Crippen molar-refractivity contribution in [3.05, 3.63) is 89.6 Å². The number of amides is 1. The van der Waals surface area contributed by atoms with Gasteiger partial charge in [-0.15, -0.1) is 0 Å². The Bertz CT molecular complexity index is 1540. The fraction of sp³-hybridized carbons (Fsp3) is 0.207. The first kappa shape index (κ1) is 23.9. The molecule has 0 aliphatic carbocycles. The number of para-hydroxylation sites is 1. The number of carbonyl (C=O) groups excluding carboxylic acids is 1. The summed E-state index contributed by atoms with van der Waals surface area (Å²) in [7, 11) is 3.73. The third kappa shape index (κ3) is 4.80. The number of aliphatic hydroxyl groups is 1. The minimum absolute atomic E-state index is 0.0722. The smallest absolute Gasteiger partial charge is 0.286 e. The summed E-state index contributed by atoms with van der Waals surface area (Å²) in [4.78, 5) is 12.6. The fourth-order valence-electron chi connectivity index (χ4n) is 4.54. The monoisotopic (exact) mass is 499 g/mol. The number of pyridine rings is 1. The molecule has 1 amide bonds. The number of aromatic nitrogens is 2. The van der Waals surface area contributed by atoms with Crippen molar-refractivity contribution in [1.82, 2.24) is 5.32 Å². The molecule has 0 spiro atoms. The molecule has 6 nitrogen and oxygen atoms in total. The van der Waals surface area contributed by atoms with Crippen molar-refractivity contribution in [2.75, 3.05) is 20.3 Å². The Morgan fingerprint density at radius 3 is 2.56 bits per heavy atom. The molecule has 5 aromatic rings. The van der Waals surface area contributed by atoms with E-state index in [-0.39, 0.29) is 25.6 Å². The zero-order valence-corrected chi connectivity index (χ0v) is 21.2. The Labute approximate surface area is 214 Å². The average Bonchev–Trinajstić information content (AvgIpc) is 3.25. The van der Waals surface area contributed by atoms with Gasteiger partial charge >= 0.3 is 0 Å². The topological polar surface area (TPSA) is 66.3 Å². The SMILES string of the molecule is COc1ccc(-c2ccc3c(c2)c(Cc2sc4ccccc4[n+]2CC(=O)NCCO)cc[n+]3C)cc1.